The summed E-state index contributed by atoms with van der Waals surface area (Å²) in [4.78, 5) is 18.4. The lowest BCUT2D eigenvalue weighted by atomic mass is 10.1. The number of hydrogen-bond acceptors (Lipinski definition) is 4. The number of carbonyl (C=O) groups is 1. The lowest BCUT2D eigenvalue weighted by Gasteiger charge is -2.29. The first kappa shape index (κ1) is 14.1. The summed E-state index contributed by atoms with van der Waals surface area (Å²) in [5, 5.41) is 3.09. The van der Waals surface area contributed by atoms with Crippen LogP contribution in [0.15, 0.2) is 16.7 Å². The Balaban J connectivity index is 1.99. The normalized spacial score (nSPS) is 17.1. The molecule has 0 aliphatic carbocycles. The molecule has 1 aliphatic heterocycles. The number of nitrogens with two attached hydrogens (primary N) is 1. The van der Waals surface area contributed by atoms with E-state index >= 15 is 0 Å². The molecule has 6 heteroatoms. The van der Waals surface area contributed by atoms with Gasteiger partial charge in [-0.05, 0) is 48.2 Å². The van der Waals surface area contributed by atoms with E-state index in [4.69, 9.17) is 5.73 Å². The summed E-state index contributed by atoms with van der Waals surface area (Å²) in [5.41, 5.74) is 6.40. The lowest BCUT2D eigenvalue weighted by Crippen LogP contribution is -2.44. The van der Waals surface area contributed by atoms with Gasteiger partial charge in [0.2, 0.25) is 5.91 Å². The molecular weight excluding hydrogens is 308 g/mol. The molecule has 1 amide bonds. The monoisotopic (exact) mass is 326 g/mol. The highest BCUT2D eigenvalue weighted by molar-refractivity contribution is 9.10. The van der Waals surface area contributed by atoms with Crippen molar-refractivity contribution in [3.05, 3.63) is 16.7 Å². The van der Waals surface area contributed by atoms with Crippen molar-refractivity contribution in [2.75, 3.05) is 24.1 Å². The molecule has 1 atom stereocenters. The van der Waals surface area contributed by atoms with Crippen LogP contribution in [0.3, 0.4) is 0 Å². The van der Waals surface area contributed by atoms with Crippen LogP contribution in [0.1, 0.15) is 26.2 Å². The first-order valence-corrected chi connectivity index (χ1v) is 7.33. The highest BCUT2D eigenvalue weighted by atomic mass is 79.9. The Bertz CT molecular complexity index is 460. The van der Waals surface area contributed by atoms with Crippen LogP contribution in [0.5, 0.6) is 0 Å². The molecule has 5 nitrogen and oxygen atoms in total. The van der Waals surface area contributed by atoms with E-state index in [1.165, 1.54) is 6.42 Å². The minimum Gasteiger partial charge on any atom is -0.396 e. The van der Waals surface area contributed by atoms with E-state index < -0.39 is 0 Å². The summed E-state index contributed by atoms with van der Waals surface area (Å²) >= 11 is 3.31. The SMILES string of the molecule is CC(Nc1ncc(Br)cc1N)C(=O)N1CCCCC1. The quantitative estimate of drug-likeness (QED) is 0.893. The molecule has 2 heterocycles. The smallest absolute Gasteiger partial charge is 0.244 e. The maximum absolute atomic E-state index is 12.3. The predicted molar refractivity (Wildman–Crippen MR) is 79.9 cm³/mol. The minimum absolute atomic E-state index is 0.115. The number of carbonyl (C=O) groups excluding carboxylic acids is 1. The van der Waals surface area contributed by atoms with Crippen LogP contribution >= 0.6 is 15.9 Å². The van der Waals surface area contributed by atoms with Crippen LogP contribution < -0.4 is 11.1 Å². The van der Waals surface area contributed by atoms with Crippen LogP contribution in [0, 0.1) is 0 Å². The number of hydrogen-bond donors (Lipinski definition) is 2. The second-order valence-electron chi connectivity index (χ2n) is 4.84. The molecule has 2 rings (SSSR count). The van der Waals surface area contributed by atoms with Crippen molar-refractivity contribution < 1.29 is 4.79 Å². The van der Waals surface area contributed by atoms with Gasteiger partial charge in [-0.3, -0.25) is 4.79 Å². The van der Waals surface area contributed by atoms with E-state index in [0.29, 0.717) is 11.5 Å². The number of aromatic nitrogens is 1. The summed E-state index contributed by atoms with van der Waals surface area (Å²) in [6, 6.07) is 1.46. The Hall–Kier alpha value is -1.30. The van der Waals surface area contributed by atoms with Gasteiger partial charge in [0, 0.05) is 23.8 Å². The molecule has 1 aromatic rings. The van der Waals surface area contributed by atoms with Gasteiger partial charge in [-0.2, -0.15) is 0 Å². The third-order valence-electron chi connectivity index (χ3n) is 3.28. The number of pyridine rings is 1. The maximum atomic E-state index is 12.3. The summed E-state index contributed by atoms with van der Waals surface area (Å²) in [6.45, 7) is 3.56. The average molecular weight is 327 g/mol. The zero-order valence-electron chi connectivity index (χ0n) is 11.0. The van der Waals surface area contributed by atoms with Gasteiger partial charge in [-0.1, -0.05) is 0 Å². The third-order valence-corrected chi connectivity index (χ3v) is 3.71. The van der Waals surface area contributed by atoms with Crippen molar-refractivity contribution in [2.24, 2.45) is 0 Å². The largest absolute Gasteiger partial charge is 0.396 e. The predicted octanol–water partition coefficient (Wildman–Crippen LogP) is 2.24. The zero-order chi connectivity index (χ0) is 13.8. The minimum atomic E-state index is -0.311. The Morgan fingerprint density at radius 2 is 2.16 bits per heavy atom. The number of nitrogens with one attached hydrogen (secondary N) is 1. The summed E-state index contributed by atoms with van der Waals surface area (Å²) < 4.78 is 0.825. The van der Waals surface area contributed by atoms with Gasteiger partial charge in [-0.15, -0.1) is 0 Å². The van der Waals surface area contributed by atoms with Crippen molar-refractivity contribution in [3.63, 3.8) is 0 Å². The number of piperidine rings is 1. The molecule has 19 heavy (non-hydrogen) atoms. The van der Waals surface area contributed by atoms with Crippen LogP contribution in [0.2, 0.25) is 0 Å². The molecule has 0 spiro atoms. The van der Waals surface area contributed by atoms with Gasteiger partial charge in [0.25, 0.3) is 0 Å². The lowest BCUT2D eigenvalue weighted by molar-refractivity contribution is -0.132. The van der Waals surface area contributed by atoms with Gasteiger partial charge in [0.05, 0.1) is 5.69 Å². The van der Waals surface area contributed by atoms with Gasteiger partial charge in [0.15, 0.2) is 0 Å². The summed E-state index contributed by atoms with van der Waals surface area (Å²) in [7, 11) is 0. The van der Waals surface area contributed by atoms with Crippen LogP contribution in [0.4, 0.5) is 11.5 Å². The molecular formula is C13H19BrN4O. The average Bonchev–Trinajstić information content (AvgIpc) is 2.42. The molecule has 1 saturated heterocycles. The highest BCUT2D eigenvalue weighted by Crippen LogP contribution is 2.21. The Morgan fingerprint density at radius 3 is 2.79 bits per heavy atom. The Morgan fingerprint density at radius 1 is 1.47 bits per heavy atom. The van der Waals surface area contributed by atoms with Gasteiger partial charge < -0.3 is 16.0 Å². The molecule has 1 fully saturated rings. The van der Waals surface area contributed by atoms with E-state index in [1.807, 2.05) is 11.8 Å². The van der Waals surface area contributed by atoms with Crippen LogP contribution in [0.25, 0.3) is 0 Å². The number of likely N-dealkylation sites (tertiary alicyclic amines) is 1. The second kappa shape index (κ2) is 6.23. The second-order valence-corrected chi connectivity index (χ2v) is 5.76. The molecule has 104 valence electrons. The molecule has 0 radical (unpaired) electrons. The van der Waals surface area contributed by atoms with E-state index in [-0.39, 0.29) is 11.9 Å². The van der Waals surface area contributed by atoms with Gasteiger partial charge in [-0.25, -0.2) is 4.98 Å². The van der Waals surface area contributed by atoms with E-state index in [1.54, 1.807) is 12.3 Å². The van der Waals surface area contributed by atoms with Gasteiger partial charge >= 0.3 is 0 Å². The molecule has 0 bridgehead atoms. The first-order valence-electron chi connectivity index (χ1n) is 6.54. The molecule has 1 unspecified atom stereocenters. The van der Waals surface area contributed by atoms with Gasteiger partial charge in [0.1, 0.15) is 11.9 Å². The highest BCUT2D eigenvalue weighted by Gasteiger charge is 2.22. The number of nitrogens with zero attached hydrogens (tertiary/aromatic N) is 2. The standard InChI is InChI=1S/C13H19BrN4O/c1-9(13(19)18-5-3-2-4-6-18)17-12-11(15)7-10(14)8-16-12/h7-9H,2-6,15H2,1H3,(H,16,17). The Labute approximate surface area is 121 Å². The number of anilines is 2. The fraction of sp³-hybridized carbons (Fsp3) is 0.538. The van der Waals surface area contributed by atoms with Crippen molar-refractivity contribution in [3.8, 4) is 0 Å². The molecule has 0 saturated carbocycles. The number of halogens is 1. The fourth-order valence-corrected chi connectivity index (χ4v) is 2.58. The number of nitrogen functional groups attached to an aromatic ring is 1. The first-order chi connectivity index (χ1) is 9.08. The topological polar surface area (TPSA) is 71.2 Å². The summed E-state index contributed by atoms with van der Waals surface area (Å²) in [5.74, 6) is 0.671. The fourth-order valence-electron chi connectivity index (χ4n) is 2.23. The number of amides is 1. The third kappa shape index (κ3) is 3.59. The Kier molecular flexibility index (Phi) is 4.63. The molecule has 0 aromatic carbocycles. The van der Waals surface area contributed by atoms with E-state index in [9.17, 15) is 4.79 Å². The van der Waals surface area contributed by atoms with Crippen molar-refractivity contribution in [1.29, 1.82) is 0 Å². The molecule has 1 aliphatic rings. The number of rotatable bonds is 3. The van der Waals surface area contributed by atoms with Crippen LogP contribution in [-0.2, 0) is 4.79 Å². The molecule has 3 N–H and O–H groups in total. The van der Waals surface area contributed by atoms with E-state index in [0.717, 1.165) is 30.4 Å². The van der Waals surface area contributed by atoms with Crippen molar-refractivity contribution >= 4 is 33.3 Å². The zero-order valence-corrected chi connectivity index (χ0v) is 12.6. The van der Waals surface area contributed by atoms with Crippen molar-refractivity contribution in [2.45, 2.75) is 32.2 Å². The van der Waals surface area contributed by atoms with Crippen LogP contribution in [-0.4, -0.2) is 34.9 Å². The van der Waals surface area contributed by atoms with E-state index in [2.05, 4.69) is 26.2 Å². The maximum Gasteiger partial charge on any atom is 0.244 e. The summed E-state index contributed by atoms with van der Waals surface area (Å²) in [6.07, 6.45) is 5.07. The van der Waals surface area contributed by atoms with Crippen molar-refractivity contribution in [1.82, 2.24) is 9.88 Å². The molecule has 1 aromatic heterocycles.